The Hall–Kier alpha value is -2.15. The second-order valence-electron chi connectivity index (χ2n) is 5.05. The first-order valence-corrected chi connectivity index (χ1v) is 7.09. The molecule has 0 aliphatic rings. The Morgan fingerprint density at radius 2 is 2.00 bits per heavy atom. The van der Waals surface area contributed by atoms with E-state index in [2.05, 4.69) is 32.8 Å². The zero-order valence-corrected chi connectivity index (χ0v) is 12.9. The van der Waals surface area contributed by atoms with E-state index in [4.69, 9.17) is 10.4 Å². The highest BCUT2D eigenvalue weighted by Gasteiger charge is 2.17. The number of nitrogens with zero attached hydrogens (tertiary/aromatic N) is 3. The number of hydrogen-bond donors (Lipinski definition) is 3. The van der Waals surface area contributed by atoms with Crippen molar-refractivity contribution >= 4 is 11.6 Å². The number of aromatic nitrogens is 3. The second-order valence-corrected chi connectivity index (χ2v) is 5.05. The SMILES string of the molecule is CCCc1nc(NN)cc(NC(C)c2c(C)noc2C)n1. The van der Waals surface area contributed by atoms with E-state index in [0.717, 1.165) is 41.5 Å². The lowest BCUT2D eigenvalue weighted by molar-refractivity contribution is 0.392. The van der Waals surface area contributed by atoms with Gasteiger partial charge in [0.2, 0.25) is 0 Å². The van der Waals surface area contributed by atoms with Gasteiger partial charge in [-0.15, -0.1) is 0 Å². The van der Waals surface area contributed by atoms with Gasteiger partial charge in [0, 0.05) is 18.1 Å². The van der Waals surface area contributed by atoms with Crippen molar-refractivity contribution < 1.29 is 4.52 Å². The van der Waals surface area contributed by atoms with Crippen molar-refractivity contribution in [3.05, 3.63) is 28.9 Å². The highest BCUT2D eigenvalue weighted by atomic mass is 16.5. The van der Waals surface area contributed by atoms with Crippen molar-refractivity contribution in [2.45, 2.75) is 46.6 Å². The van der Waals surface area contributed by atoms with Crippen LogP contribution in [0.4, 0.5) is 11.6 Å². The Bertz CT molecular complexity index is 590. The summed E-state index contributed by atoms with van der Waals surface area (Å²) in [4.78, 5) is 8.84. The van der Waals surface area contributed by atoms with Gasteiger partial charge in [0.05, 0.1) is 11.7 Å². The molecule has 2 rings (SSSR count). The molecule has 0 fully saturated rings. The summed E-state index contributed by atoms with van der Waals surface area (Å²) in [5, 5.41) is 7.33. The van der Waals surface area contributed by atoms with E-state index in [-0.39, 0.29) is 6.04 Å². The third-order valence-electron chi connectivity index (χ3n) is 3.28. The quantitative estimate of drug-likeness (QED) is 0.555. The summed E-state index contributed by atoms with van der Waals surface area (Å²) in [6.07, 6.45) is 1.79. The Morgan fingerprint density at radius 3 is 2.57 bits per heavy atom. The molecule has 114 valence electrons. The predicted octanol–water partition coefficient (Wildman–Crippen LogP) is 2.49. The lowest BCUT2D eigenvalue weighted by Gasteiger charge is -2.15. The van der Waals surface area contributed by atoms with Crippen LogP contribution in [0, 0.1) is 13.8 Å². The second kappa shape index (κ2) is 6.53. The molecule has 0 aliphatic carbocycles. The summed E-state index contributed by atoms with van der Waals surface area (Å²) in [6, 6.07) is 1.82. The minimum absolute atomic E-state index is 0.0336. The highest BCUT2D eigenvalue weighted by Crippen LogP contribution is 2.25. The molecule has 1 unspecified atom stereocenters. The van der Waals surface area contributed by atoms with Gasteiger partial charge in [0.15, 0.2) is 0 Å². The summed E-state index contributed by atoms with van der Waals surface area (Å²) in [5.41, 5.74) is 4.51. The van der Waals surface area contributed by atoms with Crippen LogP contribution >= 0.6 is 0 Å². The molecule has 2 heterocycles. The molecule has 4 N–H and O–H groups in total. The molecule has 0 radical (unpaired) electrons. The fourth-order valence-electron chi connectivity index (χ4n) is 2.38. The van der Waals surface area contributed by atoms with Gasteiger partial charge in [-0.1, -0.05) is 12.1 Å². The van der Waals surface area contributed by atoms with Gasteiger partial charge in [0.25, 0.3) is 0 Å². The zero-order valence-electron chi connectivity index (χ0n) is 12.9. The smallest absolute Gasteiger partial charge is 0.145 e. The van der Waals surface area contributed by atoms with Crippen molar-refractivity contribution in [1.29, 1.82) is 0 Å². The molecular weight excluding hydrogens is 268 g/mol. The highest BCUT2D eigenvalue weighted by molar-refractivity contribution is 5.48. The Balaban J connectivity index is 2.24. The Morgan fingerprint density at radius 1 is 1.29 bits per heavy atom. The summed E-state index contributed by atoms with van der Waals surface area (Å²) >= 11 is 0. The summed E-state index contributed by atoms with van der Waals surface area (Å²) in [7, 11) is 0. The summed E-state index contributed by atoms with van der Waals surface area (Å²) in [6.45, 7) is 7.97. The maximum atomic E-state index is 5.46. The molecule has 7 nitrogen and oxygen atoms in total. The molecule has 0 aliphatic heterocycles. The number of nitrogens with one attached hydrogen (secondary N) is 2. The van der Waals surface area contributed by atoms with Gasteiger partial charge in [0.1, 0.15) is 23.2 Å². The van der Waals surface area contributed by atoms with Crippen LogP contribution < -0.4 is 16.6 Å². The van der Waals surface area contributed by atoms with E-state index in [1.54, 1.807) is 6.07 Å². The molecule has 0 amide bonds. The maximum absolute atomic E-state index is 5.46. The van der Waals surface area contributed by atoms with Crippen LogP contribution in [-0.4, -0.2) is 15.1 Å². The minimum atomic E-state index is 0.0336. The van der Waals surface area contributed by atoms with Crippen molar-refractivity contribution in [3.63, 3.8) is 0 Å². The average Bonchev–Trinajstić information content (AvgIpc) is 2.78. The molecule has 0 spiro atoms. The number of aryl methyl sites for hydroxylation is 3. The van der Waals surface area contributed by atoms with Gasteiger partial charge < -0.3 is 15.3 Å². The fraction of sp³-hybridized carbons (Fsp3) is 0.500. The number of hydrazine groups is 1. The molecular formula is C14H22N6O. The molecule has 21 heavy (non-hydrogen) atoms. The van der Waals surface area contributed by atoms with Crippen LogP contribution in [0.2, 0.25) is 0 Å². The van der Waals surface area contributed by atoms with Crippen LogP contribution in [0.15, 0.2) is 10.6 Å². The zero-order chi connectivity index (χ0) is 15.4. The Labute approximate surface area is 124 Å². The van der Waals surface area contributed by atoms with Crippen molar-refractivity contribution in [3.8, 4) is 0 Å². The van der Waals surface area contributed by atoms with E-state index in [1.165, 1.54) is 0 Å². The molecule has 0 aromatic carbocycles. The molecule has 1 atom stereocenters. The standard InChI is InChI=1S/C14H22N6O/c1-5-6-11-17-12(7-13(18-11)19-15)16-8(2)14-9(3)20-21-10(14)4/h7-8H,5-6,15H2,1-4H3,(H2,16,17,18,19). The van der Waals surface area contributed by atoms with Gasteiger partial charge in [-0.05, 0) is 27.2 Å². The van der Waals surface area contributed by atoms with E-state index in [1.807, 2.05) is 20.8 Å². The number of nitrogens with two attached hydrogens (primary N) is 1. The van der Waals surface area contributed by atoms with Gasteiger partial charge in [-0.25, -0.2) is 15.8 Å². The average molecular weight is 290 g/mol. The van der Waals surface area contributed by atoms with E-state index in [0.29, 0.717) is 5.82 Å². The number of anilines is 2. The summed E-state index contributed by atoms with van der Waals surface area (Å²) in [5.74, 6) is 8.37. The van der Waals surface area contributed by atoms with E-state index >= 15 is 0 Å². The third-order valence-corrected chi connectivity index (χ3v) is 3.28. The van der Waals surface area contributed by atoms with Crippen LogP contribution in [0.1, 0.15) is 49.2 Å². The third kappa shape index (κ3) is 3.49. The molecule has 0 saturated carbocycles. The first kappa shape index (κ1) is 15.2. The van der Waals surface area contributed by atoms with Gasteiger partial charge >= 0.3 is 0 Å². The van der Waals surface area contributed by atoms with E-state index < -0.39 is 0 Å². The van der Waals surface area contributed by atoms with Gasteiger partial charge in [-0.2, -0.15) is 0 Å². The first-order chi connectivity index (χ1) is 10.0. The maximum Gasteiger partial charge on any atom is 0.145 e. The lowest BCUT2D eigenvalue weighted by Crippen LogP contribution is -2.14. The van der Waals surface area contributed by atoms with Crippen LogP contribution in [0.25, 0.3) is 0 Å². The lowest BCUT2D eigenvalue weighted by atomic mass is 10.1. The molecule has 2 aromatic heterocycles. The normalized spacial score (nSPS) is 12.2. The molecule has 0 bridgehead atoms. The number of hydrogen-bond acceptors (Lipinski definition) is 7. The van der Waals surface area contributed by atoms with Crippen molar-refractivity contribution in [1.82, 2.24) is 15.1 Å². The minimum Gasteiger partial charge on any atom is -0.363 e. The number of rotatable bonds is 6. The molecule has 2 aromatic rings. The monoisotopic (exact) mass is 290 g/mol. The summed E-state index contributed by atoms with van der Waals surface area (Å²) < 4.78 is 5.21. The fourth-order valence-corrected chi connectivity index (χ4v) is 2.38. The molecule has 0 saturated heterocycles. The van der Waals surface area contributed by atoms with E-state index in [9.17, 15) is 0 Å². The van der Waals surface area contributed by atoms with Crippen LogP contribution in [-0.2, 0) is 6.42 Å². The number of nitrogen functional groups attached to an aromatic ring is 1. The van der Waals surface area contributed by atoms with Crippen LogP contribution in [0.3, 0.4) is 0 Å². The van der Waals surface area contributed by atoms with Crippen LogP contribution in [0.5, 0.6) is 0 Å². The largest absolute Gasteiger partial charge is 0.363 e. The Kier molecular flexibility index (Phi) is 4.74. The van der Waals surface area contributed by atoms with Crippen molar-refractivity contribution in [2.75, 3.05) is 10.7 Å². The first-order valence-electron chi connectivity index (χ1n) is 7.09. The predicted molar refractivity (Wildman–Crippen MR) is 81.9 cm³/mol. The molecule has 7 heteroatoms. The topological polar surface area (TPSA) is 102 Å². The van der Waals surface area contributed by atoms with Crippen molar-refractivity contribution in [2.24, 2.45) is 5.84 Å². The van der Waals surface area contributed by atoms with Gasteiger partial charge in [-0.3, -0.25) is 0 Å².